The standard InChI is InChI=1S/C20H22FN3OS/c1-13-20(14-7-9-23-19(10-14)25-2)17-11-16(26-3)4-5-18(17)24(13)12-15(21)6-8-22/h4-7,9-11H,8,12,22H2,1-3H3/b15-6-. The number of rotatable bonds is 6. The molecule has 26 heavy (non-hydrogen) atoms. The number of fused-ring (bicyclic) bond motifs is 1. The van der Waals surface area contributed by atoms with E-state index in [4.69, 9.17) is 10.5 Å². The fraction of sp³-hybridized carbons (Fsp3) is 0.250. The molecule has 0 aliphatic carbocycles. The number of benzene rings is 1. The van der Waals surface area contributed by atoms with Gasteiger partial charge in [0.1, 0.15) is 5.83 Å². The van der Waals surface area contributed by atoms with Gasteiger partial charge >= 0.3 is 0 Å². The monoisotopic (exact) mass is 371 g/mol. The van der Waals surface area contributed by atoms with Crippen molar-refractivity contribution in [2.45, 2.75) is 18.4 Å². The summed E-state index contributed by atoms with van der Waals surface area (Å²) < 4.78 is 21.5. The second-order valence-corrected chi connectivity index (χ2v) is 6.78. The van der Waals surface area contributed by atoms with Crippen molar-refractivity contribution in [2.24, 2.45) is 5.73 Å². The third kappa shape index (κ3) is 3.48. The smallest absolute Gasteiger partial charge is 0.213 e. The Morgan fingerprint density at radius 1 is 1.35 bits per heavy atom. The van der Waals surface area contributed by atoms with E-state index in [1.165, 1.54) is 6.08 Å². The molecule has 0 saturated carbocycles. The van der Waals surface area contributed by atoms with E-state index in [-0.39, 0.29) is 18.9 Å². The minimum Gasteiger partial charge on any atom is -0.481 e. The Morgan fingerprint density at radius 2 is 2.15 bits per heavy atom. The molecule has 6 heteroatoms. The largest absolute Gasteiger partial charge is 0.481 e. The van der Waals surface area contributed by atoms with Gasteiger partial charge in [-0.3, -0.25) is 0 Å². The van der Waals surface area contributed by atoms with Crippen LogP contribution in [0.5, 0.6) is 5.88 Å². The average Bonchev–Trinajstić information content (AvgIpc) is 2.93. The van der Waals surface area contributed by atoms with E-state index >= 15 is 0 Å². The van der Waals surface area contributed by atoms with Crippen molar-refractivity contribution in [1.82, 2.24) is 9.55 Å². The van der Waals surface area contributed by atoms with E-state index in [2.05, 4.69) is 17.1 Å². The highest BCUT2D eigenvalue weighted by Gasteiger charge is 2.17. The predicted octanol–water partition coefficient (Wildman–Crippen LogP) is 4.55. The molecule has 2 aromatic heterocycles. The van der Waals surface area contributed by atoms with Crippen LogP contribution in [0.3, 0.4) is 0 Å². The van der Waals surface area contributed by atoms with Crippen LogP contribution in [-0.2, 0) is 6.54 Å². The Labute approximate surface area is 156 Å². The molecule has 0 bridgehead atoms. The number of methoxy groups -OCH3 is 1. The Kier molecular flexibility index (Phi) is 5.64. The van der Waals surface area contributed by atoms with Crippen LogP contribution in [0.25, 0.3) is 22.0 Å². The molecule has 0 unspecified atom stereocenters. The number of thioether (sulfide) groups is 1. The van der Waals surface area contributed by atoms with Gasteiger partial charge in [0.05, 0.1) is 13.7 Å². The van der Waals surface area contributed by atoms with Gasteiger partial charge in [0.15, 0.2) is 0 Å². The molecule has 0 atom stereocenters. The first-order chi connectivity index (χ1) is 12.6. The molecule has 136 valence electrons. The third-order valence-electron chi connectivity index (χ3n) is 4.41. The van der Waals surface area contributed by atoms with Crippen LogP contribution in [0, 0.1) is 6.92 Å². The molecular weight excluding hydrogens is 349 g/mol. The van der Waals surface area contributed by atoms with Crippen molar-refractivity contribution in [3.05, 3.63) is 54.1 Å². The van der Waals surface area contributed by atoms with E-state index in [1.807, 2.05) is 35.9 Å². The number of aromatic nitrogens is 2. The van der Waals surface area contributed by atoms with Crippen molar-refractivity contribution in [3.63, 3.8) is 0 Å². The predicted molar refractivity (Wildman–Crippen MR) is 106 cm³/mol. The second-order valence-electron chi connectivity index (χ2n) is 5.90. The molecule has 2 N–H and O–H groups in total. The highest BCUT2D eigenvalue weighted by atomic mass is 32.2. The first-order valence-electron chi connectivity index (χ1n) is 8.31. The van der Waals surface area contributed by atoms with Gasteiger partial charge in [0, 0.05) is 45.9 Å². The van der Waals surface area contributed by atoms with Gasteiger partial charge in [-0.2, -0.15) is 0 Å². The van der Waals surface area contributed by atoms with Gasteiger partial charge in [0.25, 0.3) is 0 Å². The van der Waals surface area contributed by atoms with Gasteiger partial charge in [-0.1, -0.05) is 0 Å². The molecule has 1 aromatic carbocycles. The minimum absolute atomic E-state index is 0.167. The summed E-state index contributed by atoms with van der Waals surface area (Å²) >= 11 is 1.68. The Balaban J connectivity index is 2.26. The summed E-state index contributed by atoms with van der Waals surface area (Å²) in [6.45, 7) is 2.37. The van der Waals surface area contributed by atoms with Crippen LogP contribution in [0.4, 0.5) is 4.39 Å². The summed E-state index contributed by atoms with van der Waals surface area (Å²) in [5.74, 6) is 0.318. The molecule has 0 fully saturated rings. The highest BCUT2D eigenvalue weighted by molar-refractivity contribution is 7.98. The lowest BCUT2D eigenvalue weighted by Gasteiger charge is -2.08. The van der Waals surface area contributed by atoms with E-state index < -0.39 is 0 Å². The number of nitrogens with two attached hydrogens (primary N) is 1. The minimum atomic E-state index is -0.236. The fourth-order valence-electron chi connectivity index (χ4n) is 3.18. The third-order valence-corrected chi connectivity index (χ3v) is 5.14. The maximum Gasteiger partial charge on any atom is 0.213 e. The summed E-state index contributed by atoms with van der Waals surface area (Å²) in [6.07, 6.45) is 5.19. The molecule has 0 saturated heterocycles. The first-order valence-corrected chi connectivity index (χ1v) is 9.53. The summed E-state index contributed by atoms with van der Waals surface area (Å²) in [7, 11) is 1.60. The zero-order valence-corrected chi connectivity index (χ0v) is 15.9. The van der Waals surface area contributed by atoms with E-state index in [0.717, 1.165) is 32.6 Å². The number of hydrogen-bond acceptors (Lipinski definition) is 4. The number of halogens is 1. The fourth-order valence-corrected chi connectivity index (χ4v) is 3.62. The van der Waals surface area contributed by atoms with E-state index in [9.17, 15) is 4.39 Å². The maximum atomic E-state index is 14.2. The quantitative estimate of drug-likeness (QED) is 0.646. The van der Waals surface area contributed by atoms with Crippen LogP contribution >= 0.6 is 11.8 Å². The van der Waals surface area contributed by atoms with E-state index in [0.29, 0.717) is 5.88 Å². The summed E-state index contributed by atoms with van der Waals surface area (Å²) in [4.78, 5) is 5.35. The average molecular weight is 371 g/mol. The number of ether oxygens (including phenoxy) is 1. The van der Waals surface area contributed by atoms with Crippen LogP contribution < -0.4 is 10.5 Å². The van der Waals surface area contributed by atoms with Gasteiger partial charge in [-0.15, -0.1) is 11.8 Å². The van der Waals surface area contributed by atoms with Crippen LogP contribution in [-0.4, -0.2) is 29.5 Å². The molecule has 3 rings (SSSR count). The van der Waals surface area contributed by atoms with Gasteiger partial charge in [0.2, 0.25) is 5.88 Å². The lowest BCUT2D eigenvalue weighted by atomic mass is 10.0. The van der Waals surface area contributed by atoms with Crippen LogP contribution in [0.1, 0.15) is 5.69 Å². The lowest BCUT2D eigenvalue weighted by molar-refractivity contribution is 0.398. The lowest BCUT2D eigenvalue weighted by Crippen LogP contribution is -2.03. The molecule has 0 aliphatic rings. The van der Waals surface area contributed by atoms with Crippen molar-refractivity contribution in [3.8, 4) is 17.0 Å². The summed E-state index contributed by atoms with van der Waals surface area (Å²) in [6, 6.07) is 10.1. The molecule has 4 nitrogen and oxygen atoms in total. The van der Waals surface area contributed by atoms with Gasteiger partial charge < -0.3 is 15.0 Å². The molecule has 0 radical (unpaired) electrons. The SMILES string of the molecule is COc1cc(-c2c(C)n(C/C(F)=C/CN)c3ccc(SC)cc23)ccn1. The zero-order chi connectivity index (χ0) is 18.7. The maximum absolute atomic E-state index is 14.2. The number of nitrogens with zero attached hydrogens (tertiary/aromatic N) is 2. The topological polar surface area (TPSA) is 53.1 Å². The van der Waals surface area contributed by atoms with E-state index in [1.54, 1.807) is 25.1 Å². The summed E-state index contributed by atoms with van der Waals surface area (Å²) in [5, 5.41) is 1.09. The van der Waals surface area contributed by atoms with Crippen molar-refractivity contribution < 1.29 is 9.13 Å². The number of hydrogen-bond donors (Lipinski definition) is 1. The Hall–Kier alpha value is -2.31. The molecule has 0 aliphatic heterocycles. The number of pyridine rings is 1. The molecular formula is C20H22FN3OS. The van der Waals surface area contributed by atoms with Crippen LogP contribution in [0.15, 0.2) is 53.3 Å². The molecule has 2 heterocycles. The first kappa shape index (κ1) is 18.5. The second kappa shape index (κ2) is 7.93. The highest BCUT2D eigenvalue weighted by Crippen LogP contribution is 2.37. The molecule has 3 aromatic rings. The van der Waals surface area contributed by atoms with Crippen LogP contribution in [0.2, 0.25) is 0 Å². The normalized spacial score (nSPS) is 12.0. The zero-order valence-electron chi connectivity index (χ0n) is 15.1. The van der Waals surface area contributed by atoms with Gasteiger partial charge in [-0.25, -0.2) is 9.37 Å². The Bertz CT molecular complexity index is 965. The van der Waals surface area contributed by atoms with Gasteiger partial charge in [-0.05, 0) is 49.1 Å². The number of allylic oxidation sites excluding steroid dienone is 1. The van der Waals surface area contributed by atoms with Crippen molar-refractivity contribution in [2.75, 3.05) is 19.9 Å². The molecule has 0 spiro atoms. The Morgan fingerprint density at radius 3 is 2.85 bits per heavy atom. The van der Waals surface area contributed by atoms with Crippen molar-refractivity contribution in [1.29, 1.82) is 0 Å². The summed E-state index contributed by atoms with van der Waals surface area (Å²) in [5.41, 5.74) is 9.50. The molecule has 0 amide bonds. The van der Waals surface area contributed by atoms with Crippen molar-refractivity contribution >= 4 is 22.7 Å².